The summed E-state index contributed by atoms with van der Waals surface area (Å²) < 4.78 is 31.2. The van der Waals surface area contributed by atoms with Gasteiger partial charge >= 0.3 is 5.97 Å². The Balaban J connectivity index is 3.16. The Morgan fingerprint density at radius 1 is 1.33 bits per heavy atom. The van der Waals surface area contributed by atoms with Crippen molar-refractivity contribution in [2.24, 2.45) is 5.92 Å². The molecule has 118 valence electrons. The van der Waals surface area contributed by atoms with E-state index in [1.54, 1.807) is 13.8 Å². The summed E-state index contributed by atoms with van der Waals surface area (Å²) in [6.07, 6.45) is 0. The molecule has 1 aromatic carbocycles. The van der Waals surface area contributed by atoms with Crippen LogP contribution in [0.2, 0.25) is 0 Å². The molecule has 0 radical (unpaired) electrons. The van der Waals surface area contributed by atoms with Gasteiger partial charge in [-0.2, -0.15) is 0 Å². The van der Waals surface area contributed by atoms with E-state index in [2.05, 4.69) is 0 Å². The molecule has 0 saturated heterocycles. The molecule has 7 heteroatoms. The van der Waals surface area contributed by atoms with E-state index in [9.17, 15) is 13.2 Å². The van der Waals surface area contributed by atoms with Crippen molar-refractivity contribution in [3.8, 4) is 5.75 Å². The molecular weight excluding hydrogens is 294 g/mol. The number of benzene rings is 1. The molecular formula is C14H21NO5S. The normalized spacial score (nSPS) is 13.2. The van der Waals surface area contributed by atoms with Gasteiger partial charge in [0.1, 0.15) is 5.75 Å². The standard InChI is InChI=1S/C14H21NO5S/c1-9-6-12(7-10(2)13(9)20-5)21(18,19)15(4)8-11(3)14(16)17/h6-7,11H,8H2,1-5H3,(H,16,17). The van der Waals surface area contributed by atoms with Crippen LogP contribution in [-0.4, -0.2) is 44.5 Å². The Hall–Kier alpha value is -1.60. The highest BCUT2D eigenvalue weighted by Crippen LogP contribution is 2.27. The monoisotopic (exact) mass is 315 g/mol. The lowest BCUT2D eigenvalue weighted by atomic mass is 10.1. The summed E-state index contributed by atoms with van der Waals surface area (Å²) in [6.45, 7) is 4.93. The molecule has 0 fully saturated rings. The molecule has 1 aromatic rings. The molecule has 6 nitrogen and oxygen atoms in total. The molecule has 1 N–H and O–H groups in total. The number of carbonyl (C=O) groups is 1. The molecule has 0 aliphatic carbocycles. The van der Waals surface area contributed by atoms with Crippen LogP contribution in [0.5, 0.6) is 5.75 Å². The second-order valence-corrected chi connectivity index (χ2v) is 7.16. The first kappa shape index (κ1) is 17.5. The van der Waals surface area contributed by atoms with Crippen molar-refractivity contribution in [3.05, 3.63) is 23.3 Å². The minimum atomic E-state index is -3.72. The average molecular weight is 315 g/mol. The summed E-state index contributed by atoms with van der Waals surface area (Å²) in [7, 11) is -0.813. The Labute approximate surface area is 125 Å². The number of sulfonamides is 1. The first-order chi connectivity index (χ1) is 9.61. The van der Waals surface area contributed by atoms with E-state index in [1.165, 1.54) is 33.2 Å². The van der Waals surface area contributed by atoms with Crippen LogP contribution in [0.3, 0.4) is 0 Å². The van der Waals surface area contributed by atoms with Gasteiger partial charge < -0.3 is 9.84 Å². The minimum absolute atomic E-state index is 0.0816. The van der Waals surface area contributed by atoms with Crippen molar-refractivity contribution >= 4 is 16.0 Å². The van der Waals surface area contributed by atoms with Gasteiger partial charge in [0.2, 0.25) is 10.0 Å². The Kier molecular flexibility index (Phi) is 5.36. The maximum Gasteiger partial charge on any atom is 0.307 e. The number of nitrogens with zero attached hydrogens (tertiary/aromatic N) is 1. The summed E-state index contributed by atoms with van der Waals surface area (Å²) in [4.78, 5) is 11.0. The first-order valence-electron chi connectivity index (χ1n) is 6.45. The fourth-order valence-electron chi connectivity index (χ4n) is 2.12. The molecule has 0 aliphatic rings. The summed E-state index contributed by atoms with van der Waals surface area (Å²) in [5.41, 5.74) is 1.44. The predicted molar refractivity (Wildman–Crippen MR) is 79.1 cm³/mol. The van der Waals surface area contributed by atoms with E-state index in [4.69, 9.17) is 9.84 Å². The Bertz CT molecular complexity index is 616. The molecule has 0 saturated carbocycles. The molecule has 0 spiro atoms. The van der Waals surface area contributed by atoms with Crippen molar-refractivity contribution in [1.82, 2.24) is 4.31 Å². The summed E-state index contributed by atoms with van der Waals surface area (Å²) in [5, 5.41) is 8.89. The van der Waals surface area contributed by atoms with Crippen molar-refractivity contribution in [1.29, 1.82) is 0 Å². The molecule has 21 heavy (non-hydrogen) atoms. The van der Waals surface area contributed by atoms with Crippen LogP contribution in [0.15, 0.2) is 17.0 Å². The van der Waals surface area contributed by atoms with Crippen LogP contribution in [0.4, 0.5) is 0 Å². The van der Waals surface area contributed by atoms with Gasteiger partial charge in [0.25, 0.3) is 0 Å². The lowest BCUT2D eigenvalue weighted by Crippen LogP contribution is -2.33. The molecule has 0 aromatic heterocycles. The van der Waals surface area contributed by atoms with Crippen LogP contribution >= 0.6 is 0 Å². The average Bonchev–Trinajstić information content (AvgIpc) is 2.37. The van der Waals surface area contributed by atoms with Crippen LogP contribution in [0.1, 0.15) is 18.1 Å². The largest absolute Gasteiger partial charge is 0.496 e. The van der Waals surface area contributed by atoms with Gasteiger partial charge in [-0.15, -0.1) is 0 Å². The zero-order valence-corrected chi connectivity index (χ0v) is 13.7. The second kappa shape index (κ2) is 6.44. The molecule has 0 bridgehead atoms. The zero-order valence-electron chi connectivity index (χ0n) is 12.9. The smallest absolute Gasteiger partial charge is 0.307 e. The molecule has 0 aliphatic heterocycles. The van der Waals surface area contributed by atoms with Crippen molar-refractivity contribution in [2.45, 2.75) is 25.7 Å². The zero-order chi connectivity index (χ0) is 16.4. The van der Waals surface area contributed by atoms with E-state index in [0.717, 1.165) is 15.4 Å². The van der Waals surface area contributed by atoms with Crippen LogP contribution < -0.4 is 4.74 Å². The van der Waals surface area contributed by atoms with E-state index in [0.29, 0.717) is 5.75 Å². The number of hydrogen-bond donors (Lipinski definition) is 1. The first-order valence-corrected chi connectivity index (χ1v) is 7.89. The number of methoxy groups -OCH3 is 1. The quantitative estimate of drug-likeness (QED) is 0.863. The maximum atomic E-state index is 12.5. The third-order valence-electron chi connectivity index (χ3n) is 3.30. The van der Waals surface area contributed by atoms with E-state index in [1.807, 2.05) is 0 Å². The highest BCUT2D eigenvalue weighted by molar-refractivity contribution is 7.89. The van der Waals surface area contributed by atoms with Gasteiger partial charge in [0.05, 0.1) is 17.9 Å². The van der Waals surface area contributed by atoms with Crippen LogP contribution in [0.25, 0.3) is 0 Å². The lowest BCUT2D eigenvalue weighted by molar-refractivity contribution is -0.141. The number of carboxylic acid groups (broad SMARTS) is 1. The Morgan fingerprint density at radius 3 is 2.19 bits per heavy atom. The maximum absolute atomic E-state index is 12.5. The minimum Gasteiger partial charge on any atom is -0.496 e. The van der Waals surface area contributed by atoms with Gasteiger partial charge in [-0.25, -0.2) is 12.7 Å². The summed E-state index contributed by atoms with van der Waals surface area (Å²) >= 11 is 0. The molecule has 0 heterocycles. The Morgan fingerprint density at radius 2 is 1.81 bits per heavy atom. The third kappa shape index (κ3) is 3.74. The van der Waals surface area contributed by atoms with Gasteiger partial charge in [-0.3, -0.25) is 4.79 Å². The summed E-state index contributed by atoms with van der Waals surface area (Å²) in [6, 6.07) is 3.06. The summed E-state index contributed by atoms with van der Waals surface area (Å²) in [5.74, 6) is -1.15. The van der Waals surface area contributed by atoms with Crippen LogP contribution in [-0.2, 0) is 14.8 Å². The number of aliphatic carboxylic acids is 1. The molecule has 0 amide bonds. The van der Waals surface area contributed by atoms with E-state index >= 15 is 0 Å². The second-order valence-electron chi connectivity index (χ2n) is 5.12. The predicted octanol–water partition coefficient (Wildman–Crippen LogP) is 1.65. The number of ether oxygens (including phenoxy) is 1. The van der Waals surface area contributed by atoms with E-state index in [-0.39, 0.29) is 11.4 Å². The number of carboxylic acids is 1. The van der Waals surface area contributed by atoms with Crippen molar-refractivity contribution < 1.29 is 23.1 Å². The SMILES string of the molecule is COc1c(C)cc(S(=O)(=O)N(C)CC(C)C(=O)O)cc1C. The van der Waals surface area contributed by atoms with Crippen molar-refractivity contribution in [3.63, 3.8) is 0 Å². The molecule has 1 atom stereocenters. The van der Waals surface area contributed by atoms with Gasteiger partial charge in [-0.05, 0) is 37.1 Å². The van der Waals surface area contributed by atoms with Gasteiger partial charge in [-0.1, -0.05) is 6.92 Å². The lowest BCUT2D eigenvalue weighted by Gasteiger charge is -2.20. The number of hydrogen-bond acceptors (Lipinski definition) is 4. The van der Waals surface area contributed by atoms with Crippen LogP contribution in [0, 0.1) is 19.8 Å². The molecule has 1 unspecified atom stereocenters. The molecule has 1 rings (SSSR count). The fourth-order valence-corrected chi connectivity index (χ4v) is 3.55. The van der Waals surface area contributed by atoms with E-state index < -0.39 is 21.9 Å². The van der Waals surface area contributed by atoms with Crippen molar-refractivity contribution in [2.75, 3.05) is 20.7 Å². The number of aryl methyl sites for hydroxylation is 2. The third-order valence-corrected chi connectivity index (χ3v) is 5.10. The van der Waals surface area contributed by atoms with Gasteiger partial charge in [0, 0.05) is 13.6 Å². The van der Waals surface area contributed by atoms with Gasteiger partial charge in [0.15, 0.2) is 0 Å². The number of rotatable bonds is 6. The topological polar surface area (TPSA) is 83.9 Å². The fraction of sp³-hybridized carbons (Fsp3) is 0.500. The highest BCUT2D eigenvalue weighted by atomic mass is 32.2. The highest BCUT2D eigenvalue weighted by Gasteiger charge is 2.25.